The SMILES string of the molecule is O=C(NCC(O)C(F)(F)F)c1cc(Cl)c2c(c1)OCCO2. The van der Waals surface area contributed by atoms with Gasteiger partial charge in [0.15, 0.2) is 17.6 Å². The average Bonchev–Trinajstić information content (AvgIpc) is 2.43. The molecule has 1 aromatic carbocycles. The standard InChI is InChI=1S/C12H11ClF3NO4/c13-7-3-6(4-8-10(7)21-2-1-20-8)11(19)17-5-9(18)12(14,15)16/h3-4,9,18H,1-2,5H2,(H,17,19). The molecule has 116 valence electrons. The maximum Gasteiger partial charge on any atom is 0.416 e. The van der Waals surface area contributed by atoms with Gasteiger partial charge in [0.25, 0.3) is 5.91 Å². The highest BCUT2D eigenvalue weighted by Crippen LogP contribution is 2.38. The van der Waals surface area contributed by atoms with E-state index >= 15 is 0 Å². The van der Waals surface area contributed by atoms with Gasteiger partial charge in [0.05, 0.1) is 11.6 Å². The molecule has 21 heavy (non-hydrogen) atoms. The molecule has 0 fully saturated rings. The van der Waals surface area contributed by atoms with Crippen molar-refractivity contribution in [3.63, 3.8) is 0 Å². The first kappa shape index (κ1) is 15.7. The van der Waals surface area contributed by atoms with E-state index in [0.29, 0.717) is 6.61 Å². The molecule has 0 saturated heterocycles. The number of hydrogen-bond acceptors (Lipinski definition) is 4. The molecule has 0 bridgehead atoms. The van der Waals surface area contributed by atoms with Crippen LogP contribution in [0, 0.1) is 0 Å². The number of fused-ring (bicyclic) bond motifs is 1. The molecule has 1 amide bonds. The topological polar surface area (TPSA) is 67.8 Å². The normalized spacial score (nSPS) is 15.5. The Bertz CT molecular complexity index is 550. The molecule has 0 saturated carbocycles. The summed E-state index contributed by atoms with van der Waals surface area (Å²) in [6.07, 6.45) is -7.42. The number of benzene rings is 1. The number of rotatable bonds is 3. The summed E-state index contributed by atoms with van der Waals surface area (Å²) >= 11 is 5.91. The van der Waals surface area contributed by atoms with Crippen molar-refractivity contribution < 1.29 is 32.5 Å². The Balaban J connectivity index is 2.08. The second kappa shape index (κ2) is 5.98. The van der Waals surface area contributed by atoms with Crippen molar-refractivity contribution in [1.29, 1.82) is 0 Å². The molecule has 1 unspecified atom stereocenters. The summed E-state index contributed by atoms with van der Waals surface area (Å²) in [5.74, 6) is -0.276. The van der Waals surface area contributed by atoms with Crippen LogP contribution in [0.15, 0.2) is 12.1 Å². The van der Waals surface area contributed by atoms with Gasteiger partial charge >= 0.3 is 6.18 Å². The van der Waals surface area contributed by atoms with Gasteiger partial charge < -0.3 is 19.9 Å². The molecule has 1 aliphatic heterocycles. The van der Waals surface area contributed by atoms with E-state index in [9.17, 15) is 18.0 Å². The number of nitrogens with one attached hydrogen (secondary N) is 1. The number of amides is 1. The monoisotopic (exact) mass is 325 g/mol. The Morgan fingerprint density at radius 2 is 2.05 bits per heavy atom. The first-order chi connectivity index (χ1) is 9.79. The molecule has 9 heteroatoms. The molecule has 2 N–H and O–H groups in total. The molecule has 1 aromatic rings. The lowest BCUT2D eigenvalue weighted by atomic mass is 10.1. The summed E-state index contributed by atoms with van der Waals surface area (Å²) in [4.78, 5) is 11.8. The van der Waals surface area contributed by atoms with Crippen LogP contribution in [-0.2, 0) is 0 Å². The number of carbonyl (C=O) groups excluding carboxylic acids is 1. The number of halogens is 4. The Morgan fingerprint density at radius 3 is 2.71 bits per heavy atom. The van der Waals surface area contributed by atoms with Gasteiger partial charge in [0, 0.05) is 5.56 Å². The number of alkyl halides is 3. The third-order valence-electron chi connectivity index (χ3n) is 2.69. The number of aliphatic hydroxyl groups excluding tert-OH is 1. The van der Waals surface area contributed by atoms with Crippen LogP contribution in [-0.4, -0.2) is 43.1 Å². The second-order valence-corrected chi connectivity index (χ2v) is 4.66. The zero-order chi connectivity index (χ0) is 15.6. The molecule has 1 heterocycles. The number of ether oxygens (including phenoxy) is 2. The number of carbonyl (C=O) groups is 1. The summed E-state index contributed by atoms with van der Waals surface area (Å²) in [5, 5.41) is 10.9. The molecule has 1 atom stereocenters. The highest BCUT2D eigenvalue weighted by atomic mass is 35.5. The third kappa shape index (κ3) is 3.70. The van der Waals surface area contributed by atoms with Gasteiger partial charge in [-0.15, -0.1) is 0 Å². The number of hydrogen-bond donors (Lipinski definition) is 2. The van der Waals surface area contributed by atoms with Gasteiger partial charge in [0.1, 0.15) is 13.2 Å². The summed E-state index contributed by atoms with van der Waals surface area (Å²) < 4.78 is 46.9. The van der Waals surface area contributed by atoms with Crippen molar-refractivity contribution in [2.45, 2.75) is 12.3 Å². The second-order valence-electron chi connectivity index (χ2n) is 4.25. The van der Waals surface area contributed by atoms with Crippen LogP contribution in [0.4, 0.5) is 13.2 Å². The molecule has 1 aliphatic rings. The fourth-order valence-electron chi connectivity index (χ4n) is 1.65. The van der Waals surface area contributed by atoms with Gasteiger partial charge in [-0.05, 0) is 12.1 Å². The van der Waals surface area contributed by atoms with Crippen molar-refractivity contribution in [3.8, 4) is 11.5 Å². The molecule has 5 nitrogen and oxygen atoms in total. The van der Waals surface area contributed by atoms with Crippen LogP contribution >= 0.6 is 11.6 Å². The fraction of sp³-hybridized carbons (Fsp3) is 0.417. The molecule has 0 radical (unpaired) electrons. The molecule has 0 spiro atoms. The lowest BCUT2D eigenvalue weighted by molar-refractivity contribution is -0.201. The predicted octanol–water partition coefficient (Wildman–Crippen LogP) is 1.76. The van der Waals surface area contributed by atoms with Gasteiger partial charge in [-0.1, -0.05) is 11.6 Å². The molecular formula is C12H11ClF3NO4. The van der Waals surface area contributed by atoms with E-state index in [1.165, 1.54) is 12.1 Å². The summed E-state index contributed by atoms with van der Waals surface area (Å²) in [6.45, 7) is -0.356. The van der Waals surface area contributed by atoms with Gasteiger partial charge in [0.2, 0.25) is 0 Å². The summed E-state index contributed by atoms with van der Waals surface area (Å²) in [5.41, 5.74) is 0.0126. The van der Waals surface area contributed by atoms with Crippen molar-refractivity contribution in [2.75, 3.05) is 19.8 Å². The van der Waals surface area contributed by atoms with Crippen molar-refractivity contribution in [2.24, 2.45) is 0 Å². The number of aliphatic hydroxyl groups is 1. The van der Waals surface area contributed by atoms with E-state index < -0.39 is 24.7 Å². The van der Waals surface area contributed by atoms with Gasteiger partial charge in [-0.25, -0.2) is 0 Å². The lowest BCUT2D eigenvalue weighted by Gasteiger charge is -2.20. The van der Waals surface area contributed by atoms with E-state index in [4.69, 9.17) is 26.2 Å². The van der Waals surface area contributed by atoms with Crippen LogP contribution in [0.1, 0.15) is 10.4 Å². The maximum atomic E-state index is 12.1. The van der Waals surface area contributed by atoms with E-state index in [-0.39, 0.29) is 28.7 Å². The minimum Gasteiger partial charge on any atom is -0.486 e. The average molecular weight is 326 g/mol. The Labute approximate surface area is 122 Å². The van der Waals surface area contributed by atoms with E-state index in [0.717, 1.165) is 0 Å². The van der Waals surface area contributed by atoms with Crippen LogP contribution < -0.4 is 14.8 Å². The predicted molar refractivity (Wildman–Crippen MR) is 66.8 cm³/mol. The Morgan fingerprint density at radius 1 is 1.38 bits per heavy atom. The highest BCUT2D eigenvalue weighted by Gasteiger charge is 2.38. The van der Waals surface area contributed by atoms with Crippen molar-refractivity contribution >= 4 is 17.5 Å². The van der Waals surface area contributed by atoms with Crippen LogP contribution in [0.3, 0.4) is 0 Å². The van der Waals surface area contributed by atoms with E-state index in [1.54, 1.807) is 0 Å². The lowest BCUT2D eigenvalue weighted by Crippen LogP contribution is -2.40. The Kier molecular flexibility index (Phi) is 4.48. The molecular weight excluding hydrogens is 315 g/mol. The van der Waals surface area contributed by atoms with Gasteiger partial charge in [-0.3, -0.25) is 4.79 Å². The minimum absolute atomic E-state index is 0.0126. The van der Waals surface area contributed by atoms with E-state index in [2.05, 4.69) is 0 Å². The summed E-state index contributed by atoms with van der Waals surface area (Å²) in [7, 11) is 0. The first-order valence-electron chi connectivity index (χ1n) is 5.91. The third-order valence-corrected chi connectivity index (χ3v) is 2.97. The fourth-order valence-corrected chi connectivity index (χ4v) is 1.91. The minimum atomic E-state index is -4.79. The first-order valence-corrected chi connectivity index (χ1v) is 6.29. The van der Waals surface area contributed by atoms with Crippen LogP contribution in [0.5, 0.6) is 11.5 Å². The van der Waals surface area contributed by atoms with Crippen molar-refractivity contribution in [1.82, 2.24) is 5.32 Å². The quantitative estimate of drug-likeness (QED) is 0.888. The smallest absolute Gasteiger partial charge is 0.416 e. The largest absolute Gasteiger partial charge is 0.486 e. The van der Waals surface area contributed by atoms with Gasteiger partial charge in [-0.2, -0.15) is 13.2 Å². The van der Waals surface area contributed by atoms with Crippen LogP contribution in [0.2, 0.25) is 5.02 Å². The summed E-state index contributed by atoms with van der Waals surface area (Å²) in [6, 6.07) is 2.57. The highest BCUT2D eigenvalue weighted by molar-refractivity contribution is 6.32. The molecule has 2 rings (SSSR count). The van der Waals surface area contributed by atoms with E-state index in [1.807, 2.05) is 5.32 Å². The Hall–Kier alpha value is -1.67. The van der Waals surface area contributed by atoms with Crippen LogP contribution in [0.25, 0.3) is 0 Å². The maximum absolute atomic E-state index is 12.1. The molecule has 0 aromatic heterocycles. The zero-order valence-electron chi connectivity index (χ0n) is 10.5. The zero-order valence-corrected chi connectivity index (χ0v) is 11.3. The van der Waals surface area contributed by atoms with Crippen molar-refractivity contribution in [3.05, 3.63) is 22.7 Å². The molecule has 0 aliphatic carbocycles.